The van der Waals surface area contributed by atoms with E-state index in [1.807, 2.05) is 36.1 Å². The summed E-state index contributed by atoms with van der Waals surface area (Å²) < 4.78 is 7.27. The molecule has 1 amide bonds. The Bertz CT molecular complexity index is 749. The van der Waals surface area contributed by atoms with Crippen LogP contribution >= 0.6 is 0 Å². The van der Waals surface area contributed by atoms with Gasteiger partial charge in [0.2, 0.25) is 5.91 Å². The minimum Gasteiger partial charge on any atom is -0.381 e. The van der Waals surface area contributed by atoms with Crippen molar-refractivity contribution in [2.75, 3.05) is 26.3 Å². The molecule has 1 spiro atoms. The third-order valence-corrected chi connectivity index (χ3v) is 5.36. The normalized spacial score (nSPS) is 23.3. The van der Waals surface area contributed by atoms with Crippen LogP contribution < -0.4 is 0 Å². The van der Waals surface area contributed by atoms with Gasteiger partial charge < -0.3 is 9.64 Å². The summed E-state index contributed by atoms with van der Waals surface area (Å²) in [7, 11) is 0. The molecular weight excluding hydrogens is 318 g/mol. The lowest BCUT2D eigenvalue weighted by Crippen LogP contribution is -2.47. The molecule has 0 N–H and O–H groups in total. The summed E-state index contributed by atoms with van der Waals surface area (Å²) in [6.07, 6.45) is 3.77. The average Bonchev–Trinajstić information content (AvgIpc) is 3.25. The largest absolute Gasteiger partial charge is 0.381 e. The summed E-state index contributed by atoms with van der Waals surface area (Å²) in [5.74, 6) is 0.943. The number of rotatable bonds is 3. The summed E-state index contributed by atoms with van der Waals surface area (Å²) in [5.41, 5.74) is 2.12. The van der Waals surface area contributed by atoms with Crippen LogP contribution in [0.2, 0.25) is 0 Å². The molecule has 7 nitrogen and oxygen atoms in total. The minimum atomic E-state index is 0.204. The summed E-state index contributed by atoms with van der Waals surface area (Å²) in [5, 5.41) is 11.5. The third kappa shape index (κ3) is 3.28. The Balaban J connectivity index is 1.41. The van der Waals surface area contributed by atoms with E-state index in [9.17, 15) is 4.79 Å². The number of nitrogens with zero attached hydrogens (tertiary/aromatic N) is 5. The molecule has 0 bridgehead atoms. The standard InChI is InChI=1S/C18H23N5O2/c1-14-19-20-21-23(14)16-5-3-15(4-6-16)11-17(24)22-9-2-7-18(12-22)8-10-25-13-18/h3-6H,2,7-13H2,1H3. The fourth-order valence-electron chi connectivity index (χ4n) is 3.90. The predicted molar refractivity (Wildman–Crippen MR) is 91.3 cm³/mol. The van der Waals surface area contributed by atoms with Gasteiger partial charge in [-0.05, 0) is 54.3 Å². The highest BCUT2D eigenvalue weighted by Crippen LogP contribution is 2.37. The molecule has 7 heteroatoms. The van der Waals surface area contributed by atoms with Crippen molar-refractivity contribution in [3.05, 3.63) is 35.7 Å². The molecule has 0 radical (unpaired) electrons. The first kappa shape index (κ1) is 16.2. The fourth-order valence-corrected chi connectivity index (χ4v) is 3.90. The zero-order chi connectivity index (χ0) is 17.3. The van der Waals surface area contributed by atoms with Crippen molar-refractivity contribution >= 4 is 5.91 Å². The Labute approximate surface area is 147 Å². The molecule has 1 unspecified atom stereocenters. The fraction of sp³-hybridized carbons (Fsp3) is 0.556. The third-order valence-electron chi connectivity index (χ3n) is 5.36. The average molecular weight is 341 g/mol. The summed E-state index contributed by atoms with van der Waals surface area (Å²) >= 11 is 0. The van der Waals surface area contributed by atoms with Crippen LogP contribution in [0.15, 0.2) is 24.3 Å². The molecule has 2 aliphatic heterocycles. The maximum absolute atomic E-state index is 12.7. The Morgan fingerprint density at radius 1 is 1.28 bits per heavy atom. The number of carbonyl (C=O) groups excluding carboxylic acids is 1. The molecule has 1 aromatic heterocycles. The van der Waals surface area contributed by atoms with Crippen molar-refractivity contribution in [2.24, 2.45) is 5.41 Å². The molecule has 2 saturated heterocycles. The first-order valence-corrected chi connectivity index (χ1v) is 8.85. The van der Waals surface area contributed by atoms with Crippen LogP contribution in [0.25, 0.3) is 5.69 Å². The van der Waals surface area contributed by atoms with Crippen LogP contribution in [-0.4, -0.2) is 57.3 Å². The number of benzene rings is 1. The monoisotopic (exact) mass is 341 g/mol. The number of amides is 1. The molecule has 2 fully saturated rings. The molecule has 2 aromatic rings. The van der Waals surface area contributed by atoms with E-state index >= 15 is 0 Å². The van der Waals surface area contributed by atoms with E-state index < -0.39 is 0 Å². The maximum atomic E-state index is 12.7. The van der Waals surface area contributed by atoms with E-state index in [0.29, 0.717) is 6.42 Å². The van der Waals surface area contributed by atoms with Crippen molar-refractivity contribution in [3.63, 3.8) is 0 Å². The zero-order valence-corrected chi connectivity index (χ0v) is 14.5. The van der Waals surface area contributed by atoms with Gasteiger partial charge in [0.25, 0.3) is 0 Å². The number of hydrogen-bond donors (Lipinski definition) is 0. The van der Waals surface area contributed by atoms with E-state index in [1.165, 1.54) is 6.42 Å². The van der Waals surface area contributed by atoms with Crippen LogP contribution in [0, 0.1) is 12.3 Å². The molecule has 2 aliphatic rings. The van der Waals surface area contributed by atoms with Crippen molar-refractivity contribution in [3.8, 4) is 5.69 Å². The van der Waals surface area contributed by atoms with Crippen LogP contribution in [0.1, 0.15) is 30.7 Å². The van der Waals surface area contributed by atoms with Crippen LogP contribution in [-0.2, 0) is 16.0 Å². The number of aromatic nitrogens is 4. The number of carbonyl (C=O) groups is 1. The first-order valence-electron chi connectivity index (χ1n) is 8.85. The van der Waals surface area contributed by atoms with E-state index in [4.69, 9.17) is 4.74 Å². The number of aryl methyl sites for hydroxylation is 1. The number of piperidine rings is 1. The van der Waals surface area contributed by atoms with Crippen molar-refractivity contribution < 1.29 is 9.53 Å². The Kier molecular flexibility index (Phi) is 4.25. The quantitative estimate of drug-likeness (QED) is 0.847. The van der Waals surface area contributed by atoms with Gasteiger partial charge in [-0.2, -0.15) is 4.68 Å². The van der Waals surface area contributed by atoms with Crippen molar-refractivity contribution in [2.45, 2.75) is 32.6 Å². The lowest BCUT2D eigenvalue weighted by atomic mass is 9.79. The number of ether oxygens (including phenoxy) is 1. The highest BCUT2D eigenvalue weighted by atomic mass is 16.5. The molecule has 25 heavy (non-hydrogen) atoms. The second kappa shape index (κ2) is 6.55. The molecule has 0 aliphatic carbocycles. The van der Waals surface area contributed by atoms with Gasteiger partial charge in [-0.3, -0.25) is 4.79 Å². The summed E-state index contributed by atoms with van der Waals surface area (Å²) in [6, 6.07) is 7.86. The second-order valence-corrected chi connectivity index (χ2v) is 7.20. The number of likely N-dealkylation sites (tertiary alicyclic amines) is 1. The van der Waals surface area contributed by atoms with E-state index in [-0.39, 0.29) is 11.3 Å². The molecule has 1 aromatic carbocycles. The second-order valence-electron chi connectivity index (χ2n) is 7.20. The van der Waals surface area contributed by atoms with Gasteiger partial charge in [0.15, 0.2) is 5.82 Å². The summed E-state index contributed by atoms with van der Waals surface area (Å²) in [6.45, 7) is 5.20. The van der Waals surface area contributed by atoms with Crippen LogP contribution in [0.3, 0.4) is 0 Å². The van der Waals surface area contributed by atoms with Crippen molar-refractivity contribution in [1.82, 2.24) is 25.1 Å². The van der Waals surface area contributed by atoms with Gasteiger partial charge in [-0.15, -0.1) is 5.10 Å². The number of tetrazole rings is 1. The van der Waals surface area contributed by atoms with Gasteiger partial charge in [0, 0.05) is 25.1 Å². The Morgan fingerprint density at radius 3 is 2.80 bits per heavy atom. The maximum Gasteiger partial charge on any atom is 0.227 e. The van der Waals surface area contributed by atoms with Gasteiger partial charge in [0.05, 0.1) is 18.7 Å². The van der Waals surface area contributed by atoms with Gasteiger partial charge in [0.1, 0.15) is 0 Å². The molecule has 1 atom stereocenters. The van der Waals surface area contributed by atoms with E-state index in [0.717, 1.165) is 56.2 Å². The summed E-state index contributed by atoms with van der Waals surface area (Å²) in [4.78, 5) is 14.7. The van der Waals surface area contributed by atoms with Gasteiger partial charge >= 0.3 is 0 Å². The van der Waals surface area contributed by atoms with Crippen molar-refractivity contribution in [1.29, 1.82) is 0 Å². The lowest BCUT2D eigenvalue weighted by molar-refractivity contribution is -0.134. The molecular formula is C18H23N5O2. The highest BCUT2D eigenvalue weighted by Gasteiger charge is 2.40. The predicted octanol–water partition coefficient (Wildman–Crippen LogP) is 1.54. The molecule has 3 heterocycles. The zero-order valence-electron chi connectivity index (χ0n) is 14.5. The first-order chi connectivity index (χ1) is 12.2. The Morgan fingerprint density at radius 2 is 2.12 bits per heavy atom. The topological polar surface area (TPSA) is 73.1 Å². The smallest absolute Gasteiger partial charge is 0.227 e. The lowest BCUT2D eigenvalue weighted by Gasteiger charge is -2.39. The van der Waals surface area contributed by atoms with Gasteiger partial charge in [-0.1, -0.05) is 12.1 Å². The van der Waals surface area contributed by atoms with E-state index in [2.05, 4.69) is 15.5 Å². The van der Waals surface area contributed by atoms with Gasteiger partial charge in [-0.25, -0.2) is 0 Å². The SMILES string of the molecule is Cc1nnnn1-c1ccc(CC(=O)N2CCCC3(CCOC3)C2)cc1. The molecule has 0 saturated carbocycles. The number of hydrogen-bond acceptors (Lipinski definition) is 5. The molecule has 132 valence electrons. The van der Waals surface area contributed by atoms with E-state index in [1.54, 1.807) is 4.68 Å². The van der Waals surface area contributed by atoms with Crippen LogP contribution in [0.5, 0.6) is 0 Å². The highest BCUT2D eigenvalue weighted by molar-refractivity contribution is 5.79. The van der Waals surface area contributed by atoms with Crippen LogP contribution in [0.4, 0.5) is 0 Å². The molecule has 4 rings (SSSR count). The minimum absolute atomic E-state index is 0.204. The Hall–Kier alpha value is -2.28.